The largest absolute Gasteiger partial charge is 0.456 e. The molecule has 2 aliphatic rings. The highest BCUT2D eigenvalue weighted by molar-refractivity contribution is 6.13. The number of allylic oxidation sites excluding steroid dienone is 5. The van der Waals surface area contributed by atoms with Gasteiger partial charge in [0.15, 0.2) is 17.5 Å². The lowest BCUT2D eigenvalue weighted by atomic mass is 9.69. The summed E-state index contributed by atoms with van der Waals surface area (Å²) in [5.41, 5.74) is 21.6. The number of hydrogen-bond donors (Lipinski definition) is 0. The number of hydrogen-bond acceptors (Lipinski definition) is 5. The lowest BCUT2D eigenvalue weighted by Gasteiger charge is -2.33. The molecule has 0 saturated heterocycles. The Morgan fingerprint density at radius 3 is 1.53 bits per heavy atom. The van der Waals surface area contributed by atoms with E-state index in [1.807, 2.05) is 78.9 Å². The second-order valence-electron chi connectivity index (χ2n) is 19.5. The van der Waals surface area contributed by atoms with Gasteiger partial charge in [-0.15, -0.1) is 0 Å². The molecule has 0 saturated carbocycles. The SMILES string of the molecule is C=C/C=C\C1=C(C)c2c(N(c3ccc(-c4ccccc4)cc3)c3ccc(-c4ccc5oc6cccc(-c7nc(-c8ccccc8)nc(-c8ccccc8)n7)c6c5c4)cc3)cccc2C12c1ccccc1-c1ccccc12. The maximum absolute atomic E-state index is 6.58. The average molecular weight is 973 g/mol. The van der Waals surface area contributed by atoms with Gasteiger partial charge in [-0.25, -0.2) is 15.0 Å². The molecule has 0 radical (unpaired) electrons. The molecular formula is C71H48N4O. The van der Waals surface area contributed by atoms with Gasteiger partial charge >= 0.3 is 0 Å². The van der Waals surface area contributed by atoms with Gasteiger partial charge in [-0.05, 0) is 117 Å². The van der Waals surface area contributed by atoms with E-state index in [9.17, 15) is 0 Å². The minimum Gasteiger partial charge on any atom is -0.456 e. The Morgan fingerprint density at radius 2 is 0.921 bits per heavy atom. The van der Waals surface area contributed by atoms with Gasteiger partial charge < -0.3 is 9.32 Å². The summed E-state index contributed by atoms with van der Waals surface area (Å²) >= 11 is 0. The number of aromatic nitrogens is 3. The number of benzene rings is 10. The Kier molecular flexibility index (Phi) is 10.7. The van der Waals surface area contributed by atoms with Gasteiger partial charge in [-0.2, -0.15) is 0 Å². The molecule has 0 fully saturated rings. The summed E-state index contributed by atoms with van der Waals surface area (Å²) < 4.78 is 6.58. The molecule has 0 unspecified atom stereocenters. The molecule has 10 aromatic carbocycles. The lowest BCUT2D eigenvalue weighted by Crippen LogP contribution is -2.27. The number of rotatable bonds is 10. The maximum atomic E-state index is 6.58. The first-order chi connectivity index (χ1) is 37.6. The molecule has 0 bridgehead atoms. The summed E-state index contributed by atoms with van der Waals surface area (Å²) in [4.78, 5) is 17.6. The summed E-state index contributed by atoms with van der Waals surface area (Å²) in [6, 6.07) is 86.1. The minimum atomic E-state index is -0.511. The van der Waals surface area contributed by atoms with Crippen molar-refractivity contribution in [2.45, 2.75) is 12.3 Å². The van der Waals surface area contributed by atoms with E-state index in [0.29, 0.717) is 17.5 Å². The van der Waals surface area contributed by atoms with Crippen LogP contribution in [0.5, 0.6) is 0 Å². The van der Waals surface area contributed by atoms with Gasteiger partial charge in [0, 0.05) is 44.4 Å². The zero-order chi connectivity index (χ0) is 50.7. The fourth-order valence-corrected chi connectivity index (χ4v) is 12.0. The third-order valence-corrected chi connectivity index (χ3v) is 15.3. The predicted molar refractivity (Wildman–Crippen MR) is 313 cm³/mol. The van der Waals surface area contributed by atoms with Crippen molar-refractivity contribution in [3.63, 3.8) is 0 Å². The van der Waals surface area contributed by atoms with E-state index in [4.69, 9.17) is 19.4 Å². The first kappa shape index (κ1) is 44.7. The summed E-state index contributed by atoms with van der Waals surface area (Å²) in [6.45, 7) is 6.42. The van der Waals surface area contributed by atoms with Crippen LogP contribution in [0.1, 0.15) is 29.2 Å². The van der Waals surface area contributed by atoms with Gasteiger partial charge in [0.05, 0.1) is 11.1 Å². The van der Waals surface area contributed by atoms with Crippen LogP contribution in [-0.2, 0) is 5.41 Å². The van der Waals surface area contributed by atoms with Crippen LogP contribution in [0.25, 0.3) is 95.1 Å². The Balaban J connectivity index is 0.913. The van der Waals surface area contributed by atoms with Crippen LogP contribution in [0, 0.1) is 0 Å². The van der Waals surface area contributed by atoms with Crippen molar-refractivity contribution in [1.82, 2.24) is 15.0 Å². The van der Waals surface area contributed by atoms with E-state index >= 15 is 0 Å². The molecule has 2 aliphatic carbocycles. The predicted octanol–water partition coefficient (Wildman–Crippen LogP) is 18.4. The molecule has 2 heterocycles. The third kappa shape index (κ3) is 7.12. The smallest absolute Gasteiger partial charge is 0.164 e. The van der Waals surface area contributed by atoms with Crippen LogP contribution < -0.4 is 4.90 Å². The van der Waals surface area contributed by atoms with Crippen molar-refractivity contribution < 1.29 is 4.42 Å². The van der Waals surface area contributed by atoms with Crippen LogP contribution in [-0.4, -0.2) is 15.0 Å². The van der Waals surface area contributed by atoms with Crippen LogP contribution in [0.3, 0.4) is 0 Å². The van der Waals surface area contributed by atoms with E-state index in [2.05, 4.69) is 200 Å². The van der Waals surface area contributed by atoms with Gasteiger partial charge in [0.1, 0.15) is 11.2 Å². The number of nitrogens with zero attached hydrogens (tertiary/aromatic N) is 4. The summed E-state index contributed by atoms with van der Waals surface area (Å²) in [5.74, 6) is 1.81. The number of fused-ring (bicyclic) bond motifs is 10. The van der Waals surface area contributed by atoms with E-state index in [0.717, 1.165) is 72.4 Å². The molecule has 14 rings (SSSR count). The minimum absolute atomic E-state index is 0.511. The molecular weight excluding hydrogens is 925 g/mol. The first-order valence-electron chi connectivity index (χ1n) is 25.8. The molecule has 0 amide bonds. The molecule has 1 spiro atoms. The molecule has 5 heteroatoms. The van der Waals surface area contributed by atoms with Crippen molar-refractivity contribution in [3.05, 3.63) is 295 Å². The second kappa shape index (κ2) is 18.2. The average Bonchev–Trinajstić information content (AvgIpc) is 4.31. The van der Waals surface area contributed by atoms with E-state index in [1.54, 1.807) is 0 Å². The molecule has 0 atom stereocenters. The van der Waals surface area contributed by atoms with E-state index in [1.165, 1.54) is 50.1 Å². The fraction of sp³-hybridized carbons (Fsp3) is 0.0282. The van der Waals surface area contributed by atoms with Gasteiger partial charge in [0.2, 0.25) is 0 Å². The molecule has 12 aromatic rings. The molecule has 0 N–H and O–H groups in total. The van der Waals surface area contributed by atoms with Crippen molar-refractivity contribution in [2.75, 3.05) is 4.90 Å². The van der Waals surface area contributed by atoms with Gasteiger partial charge in [-0.1, -0.05) is 219 Å². The highest BCUT2D eigenvalue weighted by Gasteiger charge is 2.52. The highest BCUT2D eigenvalue weighted by Crippen LogP contribution is 2.63. The third-order valence-electron chi connectivity index (χ3n) is 15.3. The molecule has 76 heavy (non-hydrogen) atoms. The monoisotopic (exact) mass is 972 g/mol. The summed E-state index contributed by atoms with van der Waals surface area (Å²) in [7, 11) is 0. The van der Waals surface area contributed by atoms with Gasteiger partial charge in [-0.3, -0.25) is 0 Å². The zero-order valence-corrected chi connectivity index (χ0v) is 41.7. The Morgan fingerprint density at radius 1 is 0.434 bits per heavy atom. The normalized spacial score (nSPS) is 13.1. The maximum Gasteiger partial charge on any atom is 0.164 e. The second-order valence-corrected chi connectivity index (χ2v) is 19.5. The van der Waals surface area contributed by atoms with Crippen molar-refractivity contribution >= 4 is 44.6 Å². The Hall–Kier alpha value is -9.97. The van der Waals surface area contributed by atoms with Gasteiger partial charge in [0.25, 0.3) is 0 Å². The van der Waals surface area contributed by atoms with Crippen molar-refractivity contribution in [3.8, 4) is 67.5 Å². The zero-order valence-electron chi connectivity index (χ0n) is 41.7. The molecule has 0 aliphatic heterocycles. The summed E-state index contributed by atoms with van der Waals surface area (Å²) in [5, 5.41) is 1.95. The number of furan rings is 1. The fourth-order valence-electron chi connectivity index (χ4n) is 12.0. The number of anilines is 3. The quantitative estimate of drug-likeness (QED) is 0.128. The standard InChI is InChI=1S/C71H48N4O/c1-3-4-29-59-46(2)66-62(71(59)60-30-16-14-26-55(60)56-27-15-17-31-61(56)71)32-19-33-63(66)75(53-40-35-48(36-41-53)47-20-8-5-9-21-47)54-42-37-49(38-43-54)52-39-44-64-58(45-52)67-57(28-18-34-65(67)76-64)70-73-68(50-22-10-6-11-23-50)72-69(74-70)51-24-12-7-13-25-51/h3-45H,1H2,2H3/b29-4-. The van der Waals surface area contributed by atoms with Crippen LogP contribution >= 0.6 is 0 Å². The van der Waals surface area contributed by atoms with Crippen molar-refractivity contribution in [2.24, 2.45) is 0 Å². The molecule has 2 aromatic heterocycles. The lowest BCUT2D eigenvalue weighted by molar-refractivity contribution is 0.669. The summed E-state index contributed by atoms with van der Waals surface area (Å²) in [6.07, 6.45) is 6.27. The Labute approximate surface area is 441 Å². The van der Waals surface area contributed by atoms with E-state index < -0.39 is 5.41 Å². The van der Waals surface area contributed by atoms with Crippen LogP contribution in [0.4, 0.5) is 17.1 Å². The van der Waals surface area contributed by atoms with E-state index in [-0.39, 0.29) is 0 Å². The Bertz CT molecular complexity index is 4180. The highest BCUT2D eigenvalue weighted by atomic mass is 16.3. The van der Waals surface area contributed by atoms with Crippen LogP contribution in [0.2, 0.25) is 0 Å². The molecule has 5 nitrogen and oxygen atoms in total. The topological polar surface area (TPSA) is 55.1 Å². The van der Waals surface area contributed by atoms with Crippen LogP contribution in [0.15, 0.2) is 277 Å². The van der Waals surface area contributed by atoms with Crippen molar-refractivity contribution in [1.29, 1.82) is 0 Å². The molecule has 358 valence electrons. The first-order valence-corrected chi connectivity index (χ1v) is 25.8.